The number of nitrogens with two attached hydrogens (primary N) is 1. The maximum atomic E-state index is 13.7. The van der Waals surface area contributed by atoms with Crippen LogP contribution in [0, 0.1) is 11.6 Å². The van der Waals surface area contributed by atoms with Gasteiger partial charge in [-0.1, -0.05) is 12.1 Å². The predicted molar refractivity (Wildman–Crippen MR) is 78.0 cm³/mol. The van der Waals surface area contributed by atoms with E-state index in [9.17, 15) is 13.6 Å². The van der Waals surface area contributed by atoms with E-state index in [2.05, 4.69) is 5.43 Å². The number of carbonyl (C=O) groups excluding carboxylic acids is 1. The molecule has 3 N–H and O–H groups in total. The monoisotopic (exact) mass is 291 g/mol. The summed E-state index contributed by atoms with van der Waals surface area (Å²) >= 11 is 0. The number of hydrazine groups is 1. The third-order valence-electron chi connectivity index (χ3n) is 3.07. The molecule has 0 heterocycles. The molecule has 0 saturated carbocycles. The van der Waals surface area contributed by atoms with Crippen LogP contribution in [-0.4, -0.2) is 12.5 Å². The summed E-state index contributed by atoms with van der Waals surface area (Å²) in [5.41, 5.74) is 2.59. The van der Waals surface area contributed by atoms with Crippen molar-refractivity contribution in [1.29, 1.82) is 0 Å². The van der Waals surface area contributed by atoms with Crippen molar-refractivity contribution in [2.24, 2.45) is 5.84 Å². The van der Waals surface area contributed by atoms with E-state index in [0.29, 0.717) is 12.2 Å². The van der Waals surface area contributed by atoms with Crippen LogP contribution in [0.1, 0.15) is 17.3 Å². The van der Waals surface area contributed by atoms with Crippen LogP contribution < -0.4 is 16.2 Å². The van der Waals surface area contributed by atoms with Crippen molar-refractivity contribution in [2.75, 3.05) is 16.9 Å². The first-order valence-electron chi connectivity index (χ1n) is 6.41. The number of halogens is 2. The fraction of sp³-hybridized carbons (Fsp3) is 0.133. The number of nitrogens with zero attached hydrogens (tertiary/aromatic N) is 1. The number of nitrogens with one attached hydrogen (secondary N) is 1. The molecule has 110 valence electrons. The molecule has 0 bridgehead atoms. The summed E-state index contributed by atoms with van der Waals surface area (Å²) in [6, 6.07) is 9.73. The van der Waals surface area contributed by atoms with Gasteiger partial charge in [-0.15, -0.1) is 0 Å². The molecule has 0 unspecified atom stereocenters. The van der Waals surface area contributed by atoms with Crippen LogP contribution >= 0.6 is 0 Å². The molecule has 0 aliphatic heterocycles. The van der Waals surface area contributed by atoms with Crippen molar-refractivity contribution in [3.05, 3.63) is 59.7 Å². The van der Waals surface area contributed by atoms with E-state index in [1.54, 1.807) is 13.0 Å². The van der Waals surface area contributed by atoms with E-state index in [1.807, 2.05) is 0 Å². The number of rotatable bonds is 4. The van der Waals surface area contributed by atoms with Gasteiger partial charge in [-0.2, -0.15) is 0 Å². The lowest BCUT2D eigenvalue weighted by atomic mass is 10.1. The topological polar surface area (TPSA) is 58.4 Å². The number of hydrogen-bond acceptors (Lipinski definition) is 3. The number of amides is 1. The first-order valence-corrected chi connectivity index (χ1v) is 6.41. The maximum absolute atomic E-state index is 13.7. The molecule has 0 aliphatic carbocycles. The van der Waals surface area contributed by atoms with Gasteiger partial charge in [0.1, 0.15) is 11.6 Å². The van der Waals surface area contributed by atoms with Gasteiger partial charge in [0.05, 0.1) is 11.3 Å². The van der Waals surface area contributed by atoms with Crippen LogP contribution in [-0.2, 0) is 0 Å². The number of nitrogen functional groups attached to an aromatic ring is 1. The van der Waals surface area contributed by atoms with E-state index in [0.717, 1.165) is 0 Å². The van der Waals surface area contributed by atoms with Crippen molar-refractivity contribution in [3.63, 3.8) is 0 Å². The molecule has 0 atom stereocenters. The quantitative estimate of drug-likeness (QED) is 0.672. The molecule has 0 fully saturated rings. The zero-order chi connectivity index (χ0) is 15.4. The average Bonchev–Trinajstić information content (AvgIpc) is 2.47. The Morgan fingerprint density at radius 1 is 1.24 bits per heavy atom. The van der Waals surface area contributed by atoms with Crippen LogP contribution in [0.4, 0.5) is 20.2 Å². The van der Waals surface area contributed by atoms with E-state index in [4.69, 9.17) is 5.84 Å². The first kappa shape index (κ1) is 14.9. The third kappa shape index (κ3) is 3.00. The zero-order valence-electron chi connectivity index (χ0n) is 11.4. The van der Waals surface area contributed by atoms with Crippen molar-refractivity contribution >= 4 is 17.3 Å². The normalized spacial score (nSPS) is 10.3. The van der Waals surface area contributed by atoms with Crippen molar-refractivity contribution in [3.8, 4) is 0 Å². The Hall–Kier alpha value is -2.47. The van der Waals surface area contributed by atoms with E-state index < -0.39 is 17.5 Å². The molecule has 1 amide bonds. The summed E-state index contributed by atoms with van der Waals surface area (Å²) in [6.45, 7) is 2.06. The Morgan fingerprint density at radius 2 is 1.95 bits per heavy atom. The lowest BCUT2D eigenvalue weighted by Crippen LogP contribution is -2.32. The van der Waals surface area contributed by atoms with Crippen LogP contribution in [0.2, 0.25) is 0 Å². The van der Waals surface area contributed by atoms with Crippen LogP contribution in [0.3, 0.4) is 0 Å². The molecule has 0 aliphatic rings. The van der Waals surface area contributed by atoms with Gasteiger partial charge in [-0.05, 0) is 37.3 Å². The van der Waals surface area contributed by atoms with Gasteiger partial charge in [0.15, 0.2) is 0 Å². The SMILES string of the molecule is CCN(C(=O)c1cccc(F)c1NN)c1cccc(F)c1. The standard InChI is InChI=1S/C15H15F2N3O/c1-2-20(11-6-3-5-10(16)9-11)15(21)12-7-4-8-13(17)14(12)19-18/h3-9,19H,2,18H2,1H3. The van der Waals surface area contributed by atoms with Gasteiger partial charge in [0.25, 0.3) is 5.91 Å². The Bertz CT molecular complexity index is 661. The molecular formula is C15H15F2N3O. The Labute approximate surface area is 121 Å². The number of benzene rings is 2. The minimum absolute atomic E-state index is 0.0858. The number of para-hydroxylation sites is 1. The van der Waals surface area contributed by atoms with E-state index in [1.165, 1.54) is 41.3 Å². The minimum Gasteiger partial charge on any atom is -0.321 e. The summed E-state index contributed by atoms with van der Waals surface area (Å²) in [4.78, 5) is 13.9. The summed E-state index contributed by atoms with van der Waals surface area (Å²) in [6.07, 6.45) is 0. The zero-order valence-corrected chi connectivity index (χ0v) is 11.4. The number of anilines is 2. The highest BCUT2D eigenvalue weighted by Crippen LogP contribution is 2.24. The molecular weight excluding hydrogens is 276 g/mol. The van der Waals surface area contributed by atoms with Crippen LogP contribution in [0.15, 0.2) is 42.5 Å². The lowest BCUT2D eigenvalue weighted by molar-refractivity contribution is 0.0988. The van der Waals surface area contributed by atoms with Crippen molar-refractivity contribution < 1.29 is 13.6 Å². The Morgan fingerprint density at radius 3 is 2.57 bits per heavy atom. The molecule has 0 spiro atoms. The molecule has 2 aromatic rings. The Kier molecular flexibility index (Phi) is 4.49. The second-order valence-electron chi connectivity index (χ2n) is 4.34. The minimum atomic E-state index is -0.626. The lowest BCUT2D eigenvalue weighted by Gasteiger charge is -2.22. The smallest absolute Gasteiger partial charge is 0.260 e. The summed E-state index contributed by atoms with van der Waals surface area (Å²) in [7, 11) is 0. The van der Waals surface area contributed by atoms with Gasteiger partial charge in [-0.3, -0.25) is 10.6 Å². The molecule has 0 saturated heterocycles. The van der Waals surface area contributed by atoms with Crippen LogP contribution in [0.25, 0.3) is 0 Å². The highest BCUT2D eigenvalue weighted by molar-refractivity contribution is 6.09. The summed E-state index contributed by atoms with van der Waals surface area (Å²) < 4.78 is 27.0. The fourth-order valence-corrected chi connectivity index (χ4v) is 2.08. The fourth-order valence-electron chi connectivity index (χ4n) is 2.08. The predicted octanol–water partition coefficient (Wildman–Crippen LogP) is 2.92. The van der Waals surface area contributed by atoms with E-state index >= 15 is 0 Å². The van der Waals surface area contributed by atoms with E-state index in [-0.39, 0.29) is 11.3 Å². The van der Waals surface area contributed by atoms with Gasteiger partial charge < -0.3 is 10.3 Å². The van der Waals surface area contributed by atoms with Gasteiger partial charge >= 0.3 is 0 Å². The maximum Gasteiger partial charge on any atom is 0.260 e. The number of hydrogen-bond donors (Lipinski definition) is 2. The highest BCUT2D eigenvalue weighted by Gasteiger charge is 2.21. The molecule has 2 rings (SSSR count). The molecule has 0 radical (unpaired) electrons. The Balaban J connectivity index is 2.44. The van der Waals surface area contributed by atoms with Gasteiger partial charge in [0, 0.05) is 12.2 Å². The van der Waals surface area contributed by atoms with Crippen LogP contribution in [0.5, 0.6) is 0 Å². The van der Waals surface area contributed by atoms with Gasteiger partial charge in [0.2, 0.25) is 0 Å². The summed E-state index contributed by atoms with van der Waals surface area (Å²) in [5, 5.41) is 0. The molecule has 6 heteroatoms. The largest absolute Gasteiger partial charge is 0.321 e. The second kappa shape index (κ2) is 6.32. The molecule has 21 heavy (non-hydrogen) atoms. The number of carbonyl (C=O) groups is 1. The third-order valence-corrected chi connectivity index (χ3v) is 3.07. The van der Waals surface area contributed by atoms with Crippen molar-refractivity contribution in [1.82, 2.24) is 0 Å². The second-order valence-corrected chi connectivity index (χ2v) is 4.34. The average molecular weight is 291 g/mol. The highest BCUT2D eigenvalue weighted by atomic mass is 19.1. The molecule has 4 nitrogen and oxygen atoms in total. The van der Waals surface area contributed by atoms with Gasteiger partial charge in [-0.25, -0.2) is 8.78 Å². The first-order chi connectivity index (χ1) is 10.1. The van der Waals surface area contributed by atoms with Crippen molar-refractivity contribution in [2.45, 2.75) is 6.92 Å². The molecule has 0 aromatic heterocycles. The molecule has 2 aromatic carbocycles. The summed E-state index contributed by atoms with van der Waals surface area (Å²) in [5.74, 6) is 3.74.